The largest absolute Gasteiger partial charge is 0.507 e. The number of non-ortho nitro benzene ring substituents is 1. The summed E-state index contributed by atoms with van der Waals surface area (Å²) in [6, 6.07) is 9.77. The smallest absolute Gasteiger partial charge is 0.269 e. The van der Waals surface area contributed by atoms with Crippen LogP contribution in [0.25, 0.3) is 6.08 Å². The van der Waals surface area contributed by atoms with E-state index in [9.17, 15) is 20.0 Å². The van der Waals surface area contributed by atoms with Gasteiger partial charge in [0.1, 0.15) is 5.75 Å². The SMILES string of the molecule is O=C(/C=C/c1cc(Cl)ccc1O)c1ccc([N+](=O)[O-])cc1. The zero-order chi connectivity index (χ0) is 15.4. The maximum absolute atomic E-state index is 11.9. The first-order valence-electron chi connectivity index (χ1n) is 5.93. The standard InChI is InChI=1S/C15H10ClNO4/c16-12-4-8-15(19)11(9-12)3-7-14(18)10-1-5-13(6-2-10)17(20)21/h1-9,19H/b7-3+. The van der Waals surface area contributed by atoms with Gasteiger partial charge in [0.2, 0.25) is 0 Å². The van der Waals surface area contributed by atoms with Gasteiger partial charge in [0.05, 0.1) is 4.92 Å². The topological polar surface area (TPSA) is 80.4 Å². The monoisotopic (exact) mass is 303 g/mol. The molecule has 0 aliphatic heterocycles. The molecule has 21 heavy (non-hydrogen) atoms. The van der Waals surface area contributed by atoms with Crippen molar-refractivity contribution < 1.29 is 14.8 Å². The number of hydrogen-bond acceptors (Lipinski definition) is 4. The number of aromatic hydroxyl groups is 1. The Kier molecular flexibility index (Phi) is 4.35. The van der Waals surface area contributed by atoms with Crippen molar-refractivity contribution in [2.24, 2.45) is 0 Å². The Morgan fingerprint density at radius 1 is 1.19 bits per heavy atom. The van der Waals surface area contributed by atoms with Crippen molar-refractivity contribution in [2.75, 3.05) is 0 Å². The lowest BCUT2D eigenvalue weighted by Gasteiger charge is -1.99. The molecule has 0 aromatic heterocycles. The molecular weight excluding hydrogens is 294 g/mol. The van der Waals surface area contributed by atoms with E-state index in [0.29, 0.717) is 16.1 Å². The number of nitro groups is 1. The molecule has 0 heterocycles. The van der Waals surface area contributed by atoms with Crippen molar-refractivity contribution in [3.05, 3.63) is 74.8 Å². The summed E-state index contributed by atoms with van der Waals surface area (Å²) in [5.41, 5.74) is 0.652. The summed E-state index contributed by atoms with van der Waals surface area (Å²) in [5.74, 6) is -0.323. The van der Waals surface area contributed by atoms with Crippen LogP contribution in [0.1, 0.15) is 15.9 Å². The number of benzene rings is 2. The number of nitrogens with zero attached hydrogens (tertiary/aromatic N) is 1. The van der Waals surface area contributed by atoms with E-state index in [1.165, 1.54) is 54.6 Å². The van der Waals surface area contributed by atoms with E-state index in [2.05, 4.69) is 0 Å². The van der Waals surface area contributed by atoms with Crippen LogP contribution >= 0.6 is 11.6 Å². The molecule has 0 saturated carbocycles. The molecule has 0 aliphatic carbocycles. The molecule has 2 aromatic rings. The highest BCUT2D eigenvalue weighted by Crippen LogP contribution is 2.23. The van der Waals surface area contributed by atoms with Gasteiger partial charge in [-0.25, -0.2) is 0 Å². The number of carbonyl (C=O) groups is 1. The summed E-state index contributed by atoms with van der Waals surface area (Å²) in [6.07, 6.45) is 2.71. The average Bonchev–Trinajstić information content (AvgIpc) is 2.48. The van der Waals surface area contributed by atoms with E-state index >= 15 is 0 Å². The minimum atomic E-state index is -0.534. The van der Waals surface area contributed by atoms with Crippen LogP contribution in [0.2, 0.25) is 5.02 Å². The van der Waals surface area contributed by atoms with Gasteiger partial charge in [-0.05, 0) is 42.5 Å². The Labute approximate surface area is 125 Å². The van der Waals surface area contributed by atoms with Crippen molar-refractivity contribution in [1.82, 2.24) is 0 Å². The van der Waals surface area contributed by atoms with Gasteiger partial charge in [0, 0.05) is 28.3 Å². The Bertz CT molecular complexity index is 723. The summed E-state index contributed by atoms with van der Waals surface area (Å²) < 4.78 is 0. The number of phenolic OH excluding ortho intramolecular Hbond substituents is 1. The van der Waals surface area contributed by atoms with E-state index in [1.807, 2.05) is 0 Å². The lowest BCUT2D eigenvalue weighted by molar-refractivity contribution is -0.384. The molecule has 0 aliphatic rings. The number of hydrogen-bond donors (Lipinski definition) is 1. The van der Waals surface area contributed by atoms with Gasteiger partial charge in [-0.15, -0.1) is 0 Å². The molecule has 2 rings (SSSR count). The fourth-order valence-electron chi connectivity index (χ4n) is 1.67. The van der Waals surface area contributed by atoms with E-state index in [0.717, 1.165) is 0 Å². The molecule has 0 spiro atoms. The maximum Gasteiger partial charge on any atom is 0.269 e. The third kappa shape index (κ3) is 3.67. The van der Waals surface area contributed by atoms with Crippen molar-refractivity contribution in [2.45, 2.75) is 0 Å². The maximum atomic E-state index is 11.9. The molecule has 6 heteroatoms. The van der Waals surface area contributed by atoms with Crippen LogP contribution in [0.3, 0.4) is 0 Å². The van der Waals surface area contributed by atoms with Gasteiger partial charge < -0.3 is 5.11 Å². The van der Waals surface area contributed by atoms with Crippen LogP contribution in [0.5, 0.6) is 5.75 Å². The number of rotatable bonds is 4. The summed E-state index contributed by atoms with van der Waals surface area (Å²) in [4.78, 5) is 21.9. The van der Waals surface area contributed by atoms with Gasteiger partial charge in [0.15, 0.2) is 5.78 Å². The van der Waals surface area contributed by atoms with Gasteiger partial charge in [0.25, 0.3) is 5.69 Å². The number of ketones is 1. The molecule has 0 fully saturated rings. The summed E-state index contributed by atoms with van der Waals surface area (Å²) >= 11 is 5.80. The van der Waals surface area contributed by atoms with Crippen molar-refractivity contribution in [3.63, 3.8) is 0 Å². The van der Waals surface area contributed by atoms with Gasteiger partial charge in [-0.2, -0.15) is 0 Å². The first-order chi connectivity index (χ1) is 9.97. The van der Waals surface area contributed by atoms with E-state index in [4.69, 9.17) is 11.6 Å². The third-order valence-electron chi connectivity index (χ3n) is 2.77. The van der Waals surface area contributed by atoms with E-state index in [1.54, 1.807) is 0 Å². The molecule has 0 unspecified atom stereocenters. The van der Waals surface area contributed by atoms with Crippen LogP contribution in [-0.2, 0) is 0 Å². The third-order valence-corrected chi connectivity index (χ3v) is 3.00. The number of halogens is 1. The molecular formula is C15H10ClNO4. The van der Waals surface area contributed by atoms with Crippen molar-refractivity contribution >= 4 is 29.1 Å². The van der Waals surface area contributed by atoms with Crippen LogP contribution in [0.15, 0.2) is 48.5 Å². The zero-order valence-electron chi connectivity index (χ0n) is 10.7. The fourth-order valence-corrected chi connectivity index (χ4v) is 1.85. The molecule has 0 bridgehead atoms. The van der Waals surface area contributed by atoms with Gasteiger partial charge >= 0.3 is 0 Å². The van der Waals surface area contributed by atoms with Crippen LogP contribution < -0.4 is 0 Å². The van der Waals surface area contributed by atoms with Gasteiger partial charge in [-0.3, -0.25) is 14.9 Å². The minimum Gasteiger partial charge on any atom is -0.507 e. The molecule has 2 aromatic carbocycles. The quantitative estimate of drug-likeness (QED) is 0.402. The Morgan fingerprint density at radius 3 is 2.48 bits per heavy atom. The van der Waals surface area contributed by atoms with Crippen molar-refractivity contribution in [1.29, 1.82) is 0 Å². The molecule has 0 saturated heterocycles. The average molecular weight is 304 g/mol. The number of nitro benzene ring substituents is 1. The second-order valence-corrected chi connectivity index (χ2v) is 4.64. The van der Waals surface area contributed by atoms with Crippen LogP contribution in [0.4, 0.5) is 5.69 Å². The molecule has 1 N–H and O–H groups in total. The molecule has 106 valence electrons. The van der Waals surface area contributed by atoms with Crippen LogP contribution in [-0.4, -0.2) is 15.8 Å². The number of phenols is 1. The highest BCUT2D eigenvalue weighted by Gasteiger charge is 2.07. The van der Waals surface area contributed by atoms with Gasteiger partial charge in [-0.1, -0.05) is 11.6 Å². The van der Waals surface area contributed by atoms with E-state index < -0.39 is 4.92 Å². The lowest BCUT2D eigenvalue weighted by Crippen LogP contribution is -1.95. The molecule has 0 atom stereocenters. The predicted molar refractivity (Wildman–Crippen MR) is 79.6 cm³/mol. The van der Waals surface area contributed by atoms with Crippen molar-refractivity contribution in [3.8, 4) is 5.75 Å². The molecule has 0 amide bonds. The summed E-state index contributed by atoms with van der Waals surface area (Å²) in [7, 11) is 0. The Morgan fingerprint density at radius 2 is 1.86 bits per heavy atom. The lowest BCUT2D eigenvalue weighted by atomic mass is 10.1. The predicted octanol–water partition coefficient (Wildman–Crippen LogP) is 3.85. The first-order valence-corrected chi connectivity index (χ1v) is 6.30. The fraction of sp³-hybridized carbons (Fsp3) is 0. The Balaban J connectivity index is 2.19. The highest BCUT2D eigenvalue weighted by atomic mass is 35.5. The molecule has 5 nitrogen and oxygen atoms in total. The highest BCUT2D eigenvalue weighted by molar-refractivity contribution is 6.30. The second kappa shape index (κ2) is 6.19. The second-order valence-electron chi connectivity index (χ2n) is 4.20. The van der Waals surface area contributed by atoms with Crippen LogP contribution in [0, 0.1) is 10.1 Å². The number of carbonyl (C=O) groups excluding carboxylic acids is 1. The molecule has 0 radical (unpaired) electrons. The summed E-state index contributed by atoms with van der Waals surface area (Å²) in [6.45, 7) is 0. The minimum absolute atomic E-state index is 0.00662. The Hall–Kier alpha value is -2.66. The van der Waals surface area contributed by atoms with E-state index in [-0.39, 0.29) is 17.2 Å². The zero-order valence-corrected chi connectivity index (χ0v) is 11.4. The first kappa shape index (κ1) is 14.7. The normalized spacial score (nSPS) is 10.7. The summed E-state index contributed by atoms with van der Waals surface area (Å²) in [5, 5.41) is 20.6. The number of allylic oxidation sites excluding steroid dienone is 1.